The van der Waals surface area contributed by atoms with Crippen LogP contribution in [0.25, 0.3) is 0 Å². The highest BCUT2D eigenvalue weighted by molar-refractivity contribution is 7.86. The largest absolute Gasteiger partial charge is 0.346 e. The van der Waals surface area contributed by atoms with E-state index < -0.39 is 47.1 Å². The fourth-order valence-electron chi connectivity index (χ4n) is 3.95. The first-order valence-electron chi connectivity index (χ1n) is 10.6. The Balaban J connectivity index is 1.60. The summed E-state index contributed by atoms with van der Waals surface area (Å²) in [5.41, 5.74) is 1.67. The van der Waals surface area contributed by atoms with Crippen molar-refractivity contribution in [1.82, 2.24) is 5.32 Å². The number of nitrogens with one attached hydrogen (secondary N) is 1. The third-order valence-corrected chi connectivity index (χ3v) is 5.90. The normalized spacial score (nSPS) is 29.8. The number of carbonyl (C=O) groups excluding carboxylic acids is 1. The van der Waals surface area contributed by atoms with Crippen LogP contribution in [0.2, 0.25) is 0 Å². The van der Waals surface area contributed by atoms with Crippen LogP contribution in [0.15, 0.2) is 60.7 Å². The van der Waals surface area contributed by atoms with Gasteiger partial charge in [0.25, 0.3) is 10.1 Å². The van der Waals surface area contributed by atoms with Crippen molar-refractivity contribution >= 4 is 16.0 Å². The Morgan fingerprint density at radius 1 is 1.06 bits per heavy atom. The summed E-state index contributed by atoms with van der Waals surface area (Å²) in [4.78, 5) is 12.0. The van der Waals surface area contributed by atoms with Crippen LogP contribution in [0.4, 0.5) is 0 Å². The Bertz CT molecular complexity index is 1030. The number of amides is 1. The molecule has 0 bridgehead atoms. The highest BCUT2D eigenvalue weighted by Crippen LogP contribution is 2.36. The lowest BCUT2D eigenvalue weighted by Gasteiger charge is -2.48. The van der Waals surface area contributed by atoms with Gasteiger partial charge >= 0.3 is 0 Å². The quantitative estimate of drug-likeness (QED) is 0.602. The van der Waals surface area contributed by atoms with Gasteiger partial charge < -0.3 is 24.3 Å². The maximum absolute atomic E-state index is 12.1. The van der Waals surface area contributed by atoms with Gasteiger partial charge in [0.15, 0.2) is 12.6 Å². The zero-order valence-electron chi connectivity index (χ0n) is 18.3. The molecule has 2 aromatic rings. The lowest BCUT2D eigenvalue weighted by Crippen LogP contribution is -2.67. The molecule has 9 nitrogen and oxygen atoms in total. The van der Waals surface area contributed by atoms with Crippen LogP contribution in [-0.2, 0) is 44.7 Å². The van der Waals surface area contributed by atoms with E-state index in [4.69, 9.17) is 23.1 Å². The lowest BCUT2D eigenvalue weighted by molar-refractivity contribution is -0.342. The fourth-order valence-corrected chi connectivity index (χ4v) is 4.58. The van der Waals surface area contributed by atoms with Crippen molar-refractivity contribution < 1.29 is 36.3 Å². The first-order valence-corrected chi connectivity index (χ1v) is 12.4. The van der Waals surface area contributed by atoms with Crippen LogP contribution in [-0.4, -0.2) is 57.8 Å². The zero-order chi connectivity index (χ0) is 23.4. The van der Waals surface area contributed by atoms with Crippen LogP contribution in [0.5, 0.6) is 0 Å². The summed E-state index contributed by atoms with van der Waals surface area (Å²) in [6.07, 6.45) is -3.34. The molecule has 2 aliphatic heterocycles. The molecule has 6 atom stereocenters. The van der Waals surface area contributed by atoms with Crippen molar-refractivity contribution in [2.45, 2.75) is 50.5 Å². The Morgan fingerprint density at radius 2 is 1.73 bits per heavy atom. The molecule has 2 aliphatic rings. The van der Waals surface area contributed by atoms with E-state index in [9.17, 15) is 13.2 Å². The molecule has 33 heavy (non-hydrogen) atoms. The van der Waals surface area contributed by atoms with Gasteiger partial charge in [-0.1, -0.05) is 60.7 Å². The minimum absolute atomic E-state index is 0.131. The van der Waals surface area contributed by atoms with E-state index in [0.717, 1.165) is 17.4 Å². The molecule has 0 aliphatic carbocycles. The van der Waals surface area contributed by atoms with Gasteiger partial charge in [-0.2, -0.15) is 8.42 Å². The van der Waals surface area contributed by atoms with Crippen molar-refractivity contribution in [2.75, 3.05) is 12.9 Å². The second kappa shape index (κ2) is 10.3. The monoisotopic (exact) mass is 477 g/mol. The Hall–Kier alpha value is -2.34. The Labute approximate surface area is 193 Å². The number of hydrogen-bond donors (Lipinski definition) is 1. The summed E-state index contributed by atoms with van der Waals surface area (Å²) >= 11 is 0. The predicted octanol–water partition coefficient (Wildman–Crippen LogP) is 1.89. The zero-order valence-corrected chi connectivity index (χ0v) is 19.1. The highest BCUT2D eigenvalue weighted by atomic mass is 32.2. The number of rotatable bonds is 7. The van der Waals surface area contributed by atoms with Gasteiger partial charge in [0, 0.05) is 12.5 Å². The van der Waals surface area contributed by atoms with Crippen molar-refractivity contribution in [1.29, 1.82) is 0 Å². The van der Waals surface area contributed by atoms with E-state index in [2.05, 4.69) is 5.32 Å². The van der Waals surface area contributed by atoms with Crippen LogP contribution in [0.1, 0.15) is 24.3 Å². The van der Waals surface area contributed by atoms with Gasteiger partial charge in [-0.3, -0.25) is 8.98 Å². The van der Waals surface area contributed by atoms with Gasteiger partial charge in [0.1, 0.15) is 24.4 Å². The molecular weight excluding hydrogens is 450 g/mol. The Kier molecular flexibility index (Phi) is 7.42. The van der Waals surface area contributed by atoms with Gasteiger partial charge in [-0.15, -0.1) is 0 Å². The van der Waals surface area contributed by atoms with Crippen LogP contribution in [0.3, 0.4) is 0 Å². The predicted molar refractivity (Wildman–Crippen MR) is 117 cm³/mol. The average molecular weight is 478 g/mol. The van der Waals surface area contributed by atoms with Crippen LogP contribution < -0.4 is 5.32 Å². The molecule has 0 aromatic heterocycles. The van der Waals surface area contributed by atoms with Gasteiger partial charge in [-0.25, -0.2) is 0 Å². The molecule has 2 saturated heterocycles. The van der Waals surface area contributed by atoms with Gasteiger partial charge in [0.05, 0.1) is 19.5 Å². The van der Waals surface area contributed by atoms with Crippen molar-refractivity contribution in [2.24, 2.45) is 0 Å². The third kappa shape index (κ3) is 6.17. The van der Waals surface area contributed by atoms with E-state index in [1.54, 1.807) is 0 Å². The van der Waals surface area contributed by atoms with Crippen LogP contribution in [0, 0.1) is 0 Å². The molecular formula is C23H27NO8S. The number of carbonyl (C=O) groups is 1. The lowest BCUT2D eigenvalue weighted by atomic mass is 9.95. The average Bonchev–Trinajstić information content (AvgIpc) is 2.79. The van der Waals surface area contributed by atoms with Gasteiger partial charge in [-0.05, 0) is 5.56 Å². The number of hydrogen-bond acceptors (Lipinski definition) is 8. The van der Waals surface area contributed by atoms with E-state index in [1.807, 2.05) is 60.7 Å². The summed E-state index contributed by atoms with van der Waals surface area (Å²) in [6, 6.07) is 17.8. The highest BCUT2D eigenvalue weighted by Gasteiger charge is 2.52. The summed E-state index contributed by atoms with van der Waals surface area (Å²) in [5, 5.41) is 2.73. The van der Waals surface area contributed by atoms with E-state index in [-0.39, 0.29) is 19.1 Å². The SMILES string of the molecule is CC(=O)N[C@H]1[C@@H](OCc2ccccc2)O[C@@H]2CO[C@H](c3ccccc3)O[C@@H]2[C@H]1OS(C)(=O)=O. The topological polar surface area (TPSA) is 109 Å². The number of ether oxygens (including phenoxy) is 4. The summed E-state index contributed by atoms with van der Waals surface area (Å²) in [6.45, 7) is 1.65. The van der Waals surface area contributed by atoms with Crippen molar-refractivity contribution in [3.63, 3.8) is 0 Å². The molecule has 2 aromatic carbocycles. The van der Waals surface area contributed by atoms with E-state index in [0.29, 0.717) is 0 Å². The maximum Gasteiger partial charge on any atom is 0.264 e. The second-order valence-corrected chi connectivity index (χ2v) is 9.61. The maximum atomic E-state index is 12.1. The molecule has 2 fully saturated rings. The number of benzene rings is 2. The molecule has 0 unspecified atom stereocenters. The molecule has 4 rings (SSSR count). The number of fused-ring (bicyclic) bond motifs is 1. The molecule has 0 saturated carbocycles. The van der Waals surface area contributed by atoms with Crippen LogP contribution >= 0.6 is 0 Å². The molecule has 0 radical (unpaired) electrons. The molecule has 0 spiro atoms. The standard InChI is InChI=1S/C23H27NO8S/c1-15(25)24-19-21(32-33(2,26)27)20-18(14-29-22(31-20)17-11-7-4-8-12-17)30-23(19)28-13-16-9-5-3-6-10-16/h3-12,18-23H,13-14H2,1-2H3,(H,24,25)/t18-,19-,20+,21+,22+,23+/m1/s1. The van der Waals surface area contributed by atoms with Crippen molar-refractivity contribution in [3.8, 4) is 0 Å². The fraction of sp³-hybridized carbons (Fsp3) is 0.435. The first kappa shape index (κ1) is 23.8. The minimum atomic E-state index is -3.90. The van der Waals surface area contributed by atoms with Crippen molar-refractivity contribution in [3.05, 3.63) is 71.8 Å². The Morgan fingerprint density at radius 3 is 2.36 bits per heavy atom. The summed E-state index contributed by atoms with van der Waals surface area (Å²) in [7, 11) is -3.90. The van der Waals surface area contributed by atoms with Gasteiger partial charge in [0.2, 0.25) is 5.91 Å². The smallest absolute Gasteiger partial charge is 0.264 e. The molecule has 10 heteroatoms. The molecule has 1 amide bonds. The second-order valence-electron chi connectivity index (χ2n) is 8.01. The van der Waals surface area contributed by atoms with E-state index >= 15 is 0 Å². The summed E-state index contributed by atoms with van der Waals surface area (Å²) in [5.74, 6) is -0.385. The first-order chi connectivity index (χ1) is 15.8. The molecule has 2 heterocycles. The molecule has 1 N–H and O–H groups in total. The molecule has 178 valence electrons. The summed E-state index contributed by atoms with van der Waals surface area (Å²) < 4.78 is 53.7. The minimum Gasteiger partial charge on any atom is -0.346 e. The third-order valence-electron chi connectivity index (χ3n) is 5.32. The van der Waals surface area contributed by atoms with E-state index in [1.165, 1.54) is 6.92 Å².